The average molecular weight is 349 g/mol. The van der Waals surface area contributed by atoms with Crippen LogP contribution in [-0.4, -0.2) is 56.8 Å². The first kappa shape index (κ1) is 18.6. The molecular formula is C18H25ClN4O. The van der Waals surface area contributed by atoms with Gasteiger partial charge in [0.05, 0.1) is 32.3 Å². The van der Waals surface area contributed by atoms with E-state index < -0.39 is 0 Å². The Bertz CT molecular complexity index is 579. The lowest BCUT2D eigenvalue weighted by Gasteiger charge is -2.34. The molecule has 1 unspecified atom stereocenters. The van der Waals surface area contributed by atoms with Gasteiger partial charge in [0.25, 0.3) is 0 Å². The Morgan fingerprint density at radius 3 is 2.79 bits per heavy atom. The van der Waals surface area contributed by atoms with Crippen LogP contribution in [0.15, 0.2) is 29.3 Å². The normalized spacial score (nSPS) is 17.1. The van der Waals surface area contributed by atoms with Gasteiger partial charge in [-0.2, -0.15) is 0 Å². The number of aliphatic imine (C=N–C) groups is 1. The van der Waals surface area contributed by atoms with E-state index in [9.17, 15) is 0 Å². The third-order valence-electron chi connectivity index (χ3n) is 3.88. The fraction of sp³-hybridized carbons (Fsp3) is 0.500. The van der Waals surface area contributed by atoms with Crippen molar-refractivity contribution in [2.75, 3.05) is 45.9 Å². The summed E-state index contributed by atoms with van der Waals surface area (Å²) in [6.45, 7) is 7.08. The summed E-state index contributed by atoms with van der Waals surface area (Å²) >= 11 is 6.43. The van der Waals surface area contributed by atoms with Gasteiger partial charge in [-0.3, -0.25) is 9.89 Å². The number of rotatable bonds is 6. The van der Waals surface area contributed by atoms with Crippen LogP contribution in [0, 0.1) is 12.3 Å². The van der Waals surface area contributed by atoms with Crippen molar-refractivity contribution in [1.82, 2.24) is 15.5 Å². The molecule has 0 radical (unpaired) electrons. The first-order valence-corrected chi connectivity index (χ1v) is 8.66. The zero-order valence-electron chi connectivity index (χ0n) is 14.1. The molecule has 1 heterocycles. The van der Waals surface area contributed by atoms with Crippen molar-refractivity contribution in [3.05, 3.63) is 34.9 Å². The summed E-state index contributed by atoms with van der Waals surface area (Å²) in [4.78, 5) is 7.08. The second-order valence-electron chi connectivity index (χ2n) is 5.46. The van der Waals surface area contributed by atoms with Crippen LogP contribution in [0.5, 0.6) is 0 Å². The summed E-state index contributed by atoms with van der Waals surface area (Å²) in [5, 5.41) is 7.10. The number of guanidine groups is 1. The van der Waals surface area contributed by atoms with Crippen LogP contribution in [-0.2, 0) is 4.74 Å². The first-order valence-electron chi connectivity index (χ1n) is 8.28. The minimum Gasteiger partial charge on any atom is -0.379 e. The lowest BCUT2D eigenvalue weighted by atomic mass is 10.0. The number of nitrogens with one attached hydrogen (secondary N) is 2. The van der Waals surface area contributed by atoms with E-state index in [0.29, 0.717) is 13.1 Å². The van der Waals surface area contributed by atoms with Gasteiger partial charge < -0.3 is 15.4 Å². The second kappa shape index (κ2) is 10.2. The van der Waals surface area contributed by atoms with Crippen molar-refractivity contribution in [2.45, 2.75) is 13.0 Å². The van der Waals surface area contributed by atoms with E-state index in [2.05, 4.69) is 27.5 Å². The highest BCUT2D eigenvalue weighted by Crippen LogP contribution is 2.28. The number of nitrogens with zero attached hydrogens (tertiary/aromatic N) is 2. The number of hydrogen-bond donors (Lipinski definition) is 2. The van der Waals surface area contributed by atoms with Gasteiger partial charge in [0.1, 0.15) is 0 Å². The summed E-state index contributed by atoms with van der Waals surface area (Å²) in [6.07, 6.45) is 5.32. The van der Waals surface area contributed by atoms with Crippen LogP contribution in [0.2, 0.25) is 5.02 Å². The van der Waals surface area contributed by atoms with E-state index >= 15 is 0 Å². The Kier molecular flexibility index (Phi) is 7.90. The number of halogens is 1. The quantitative estimate of drug-likeness (QED) is 0.468. The van der Waals surface area contributed by atoms with Gasteiger partial charge in [0.15, 0.2) is 5.96 Å². The third kappa shape index (κ3) is 5.41. The van der Waals surface area contributed by atoms with Gasteiger partial charge in [0, 0.05) is 24.7 Å². The van der Waals surface area contributed by atoms with E-state index in [1.54, 1.807) is 0 Å². The van der Waals surface area contributed by atoms with Crippen molar-refractivity contribution in [1.29, 1.82) is 0 Å². The van der Waals surface area contributed by atoms with Crippen LogP contribution in [0.3, 0.4) is 0 Å². The fourth-order valence-electron chi connectivity index (χ4n) is 2.70. The molecule has 2 N–H and O–H groups in total. The summed E-state index contributed by atoms with van der Waals surface area (Å²) in [6, 6.07) is 8.07. The monoisotopic (exact) mass is 348 g/mol. The number of terminal acetylenes is 1. The van der Waals surface area contributed by atoms with Gasteiger partial charge in [-0.05, 0) is 18.6 Å². The average Bonchev–Trinajstić information content (AvgIpc) is 2.62. The summed E-state index contributed by atoms with van der Waals surface area (Å²) in [5.41, 5.74) is 1.10. The van der Waals surface area contributed by atoms with Crippen LogP contribution in [0.25, 0.3) is 0 Å². The Morgan fingerprint density at radius 1 is 1.38 bits per heavy atom. The highest BCUT2D eigenvalue weighted by molar-refractivity contribution is 6.31. The molecule has 1 aromatic rings. The third-order valence-corrected chi connectivity index (χ3v) is 4.22. The van der Waals surface area contributed by atoms with Gasteiger partial charge in [-0.25, -0.2) is 0 Å². The predicted octanol–water partition coefficient (Wildman–Crippen LogP) is 1.90. The molecule has 0 aliphatic carbocycles. The van der Waals surface area contributed by atoms with Crippen LogP contribution < -0.4 is 10.6 Å². The zero-order valence-corrected chi connectivity index (χ0v) is 14.9. The number of hydrogen-bond acceptors (Lipinski definition) is 3. The number of benzene rings is 1. The minimum absolute atomic E-state index is 0.115. The molecule has 5 nitrogen and oxygen atoms in total. The highest BCUT2D eigenvalue weighted by Gasteiger charge is 2.24. The van der Waals surface area contributed by atoms with Crippen molar-refractivity contribution >= 4 is 17.6 Å². The summed E-state index contributed by atoms with van der Waals surface area (Å²) < 4.78 is 5.48. The van der Waals surface area contributed by atoms with Gasteiger partial charge in [-0.1, -0.05) is 35.7 Å². The highest BCUT2D eigenvalue weighted by atomic mass is 35.5. The van der Waals surface area contributed by atoms with Crippen molar-refractivity contribution < 1.29 is 4.74 Å². The molecule has 1 fully saturated rings. The van der Waals surface area contributed by atoms with Gasteiger partial charge in [-0.15, -0.1) is 6.42 Å². The fourth-order valence-corrected chi connectivity index (χ4v) is 2.96. The predicted molar refractivity (Wildman–Crippen MR) is 99.4 cm³/mol. The van der Waals surface area contributed by atoms with E-state index in [4.69, 9.17) is 27.8 Å². The van der Waals surface area contributed by atoms with E-state index in [1.807, 2.05) is 25.1 Å². The van der Waals surface area contributed by atoms with E-state index in [1.165, 1.54) is 0 Å². The Balaban J connectivity index is 2.18. The number of ether oxygens (including phenoxy) is 1. The largest absolute Gasteiger partial charge is 0.379 e. The topological polar surface area (TPSA) is 48.9 Å². The van der Waals surface area contributed by atoms with Crippen molar-refractivity contribution in [3.63, 3.8) is 0 Å². The molecule has 1 atom stereocenters. The van der Waals surface area contributed by atoms with Crippen LogP contribution in [0.4, 0.5) is 0 Å². The Labute approximate surface area is 149 Å². The first-order chi connectivity index (χ1) is 11.8. The van der Waals surface area contributed by atoms with E-state index in [0.717, 1.165) is 49.4 Å². The molecule has 130 valence electrons. The molecule has 24 heavy (non-hydrogen) atoms. The molecule has 2 rings (SSSR count). The molecular weight excluding hydrogens is 324 g/mol. The van der Waals surface area contributed by atoms with Crippen LogP contribution >= 0.6 is 11.6 Å². The SMILES string of the molecule is C#CCNC(=NCC(c1ccccc1Cl)N1CCOCC1)NCC. The van der Waals surface area contributed by atoms with E-state index in [-0.39, 0.29) is 6.04 Å². The molecule has 0 saturated carbocycles. The molecule has 1 aromatic carbocycles. The minimum atomic E-state index is 0.115. The maximum Gasteiger partial charge on any atom is 0.192 e. The van der Waals surface area contributed by atoms with Gasteiger partial charge >= 0.3 is 0 Å². The second-order valence-corrected chi connectivity index (χ2v) is 5.87. The standard InChI is InChI=1S/C18H25ClN4O/c1-3-9-21-18(20-4-2)22-14-17(23-10-12-24-13-11-23)15-7-5-6-8-16(15)19/h1,5-8,17H,4,9-14H2,2H3,(H2,20,21,22). The van der Waals surface area contributed by atoms with Gasteiger partial charge in [0.2, 0.25) is 0 Å². The molecule has 0 spiro atoms. The summed E-state index contributed by atoms with van der Waals surface area (Å²) in [7, 11) is 0. The van der Waals surface area contributed by atoms with Crippen LogP contribution in [0.1, 0.15) is 18.5 Å². The lowest BCUT2D eigenvalue weighted by Crippen LogP contribution is -2.42. The molecule has 0 bridgehead atoms. The zero-order chi connectivity index (χ0) is 17.2. The lowest BCUT2D eigenvalue weighted by molar-refractivity contribution is 0.0180. The molecule has 0 amide bonds. The van der Waals surface area contributed by atoms with Crippen molar-refractivity contribution in [3.8, 4) is 12.3 Å². The maximum atomic E-state index is 6.43. The Hall–Kier alpha value is -1.74. The van der Waals surface area contributed by atoms with Crippen molar-refractivity contribution in [2.24, 2.45) is 4.99 Å². The molecule has 1 aliphatic rings. The maximum absolute atomic E-state index is 6.43. The molecule has 1 aliphatic heterocycles. The Morgan fingerprint density at radius 2 is 2.12 bits per heavy atom. The number of morpholine rings is 1. The molecule has 0 aromatic heterocycles. The molecule has 1 saturated heterocycles. The molecule has 6 heteroatoms. The summed E-state index contributed by atoms with van der Waals surface area (Å²) in [5.74, 6) is 3.29. The smallest absolute Gasteiger partial charge is 0.192 e.